The molecule has 0 bridgehead atoms. The standard InChI is InChI=1S/C29H30F4O2/c1-2-35-17-22-10-9-21(26(30)27(22)31)8-5-18-3-6-19(7-4-18)24-15-16-25(29(33)28(24)32)20-11-13-23(34)14-12-20/h3-4,6-7,9-10,15-16,20,23,34H,2,5,8,11-14,17H2,1H3. The highest BCUT2D eigenvalue weighted by Crippen LogP contribution is 2.37. The topological polar surface area (TPSA) is 29.5 Å². The van der Waals surface area contributed by atoms with Gasteiger partial charge in [0.25, 0.3) is 0 Å². The summed E-state index contributed by atoms with van der Waals surface area (Å²) >= 11 is 0. The second-order valence-electron chi connectivity index (χ2n) is 9.18. The molecule has 0 heterocycles. The Hall–Kier alpha value is -2.70. The number of halogens is 4. The fourth-order valence-electron chi connectivity index (χ4n) is 4.77. The number of rotatable bonds is 8. The monoisotopic (exact) mass is 486 g/mol. The highest BCUT2D eigenvalue weighted by Gasteiger charge is 2.25. The third-order valence-corrected chi connectivity index (χ3v) is 6.90. The molecule has 3 aromatic rings. The minimum Gasteiger partial charge on any atom is -0.393 e. The van der Waals surface area contributed by atoms with Gasteiger partial charge in [0.2, 0.25) is 0 Å². The predicted molar refractivity (Wildman–Crippen MR) is 128 cm³/mol. The summed E-state index contributed by atoms with van der Waals surface area (Å²) in [6.07, 6.45) is 2.92. The van der Waals surface area contributed by atoms with Crippen LogP contribution >= 0.6 is 0 Å². The van der Waals surface area contributed by atoms with Crippen LogP contribution in [0, 0.1) is 23.3 Å². The SMILES string of the molecule is CCOCc1ccc(CCc2ccc(-c3ccc(C4CCC(O)CC4)c(F)c3F)cc2)c(F)c1F. The molecule has 0 aliphatic heterocycles. The zero-order valence-electron chi connectivity index (χ0n) is 19.8. The summed E-state index contributed by atoms with van der Waals surface area (Å²) in [4.78, 5) is 0. The van der Waals surface area contributed by atoms with E-state index in [1.165, 1.54) is 0 Å². The van der Waals surface area contributed by atoms with E-state index < -0.39 is 23.3 Å². The first-order valence-electron chi connectivity index (χ1n) is 12.2. The number of benzene rings is 3. The fraction of sp³-hybridized carbons (Fsp3) is 0.379. The Bertz CT molecular complexity index is 1150. The molecule has 0 unspecified atom stereocenters. The minimum atomic E-state index is -0.878. The van der Waals surface area contributed by atoms with Crippen LogP contribution in [0.2, 0.25) is 0 Å². The average Bonchev–Trinajstić information content (AvgIpc) is 2.87. The third-order valence-electron chi connectivity index (χ3n) is 6.90. The van der Waals surface area contributed by atoms with Crippen molar-refractivity contribution in [2.24, 2.45) is 0 Å². The van der Waals surface area contributed by atoms with Gasteiger partial charge in [-0.1, -0.05) is 48.5 Å². The van der Waals surface area contributed by atoms with Crippen molar-refractivity contribution in [1.29, 1.82) is 0 Å². The van der Waals surface area contributed by atoms with E-state index in [2.05, 4.69) is 0 Å². The number of aryl methyl sites for hydroxylation is 2. The molecule has 1 aliphatic carbocycles. The summed E-state index contributed by atoms with van der Waals surface area (Å²) < 4.78 is 63.6. The van der Waals surface area contributed by atoms with Crippen LogP contribution in [-0.4, -0.2) is 17.8 Å². The van der Waals surface area contributed by atoms with E-state index in [4.69, 9.17) is 4.74 Å². The Morgan fingerprint density at radius 1 is 0.743 bits per heavy atom. The number of hydrogen-bond acceptors (Lipinski definition) is 2. The van der Waals surface area contributed by atoms with E-state index in [1.807, 2.05) is 0 Å². The first-order valence-corrected chi connectivity index (χ1v) is 12.2. The van der Waals surface area contributed by atoms with E-state index in [0.29, 0.717) is 56.3 Å². The number of hydrogen-bond donors (Lipinski definition) is 1. The molecule has 1 N–H and O–H groups in total. The van der Waals surface area contributed by atoms with Gasteiger partial charge in [0.1, 0.15) is 0 Å². The minimum absolute atomic E-state index is 0.0307. The lowest BCUT2D eigenvalue weighted by molar-refractivity contribution is 0.122. The Labute approximate surface area is 203 Å². The Kier molecular flexibility index (Phi) is 8.24. The summed E-state index contributed by atoms with van der Waals surface area (Å²) in [7, 11) is 0. The molecule has 1 saturated carbocycles. The molecule has 4 rings (SSSR count). The van der Waals surface area contributed by atoms with Crippen LogP contribution in [0.1, 0.15) is 60.8 Å². The molecule has 35 heavy (non-hydrogen) atoms. The van der Waals surface area contributed by atoms with Crippen LogP contribution in [0.3, 0.4) is 0 Å². The predicted octanol–water partition coefficient (Wildman–Crippen LogP) is 7.25. The van der Waals surface area contributed by atoms with Crippen molar-refractivity contribution in [3.63, 3.8) is 0 Å². The maximum Gasteiger partial charge on any atom is 0.166 e. The fourth-order valence-corrected chi connectivity index (χ4v) is 4.77. The summed E-state index contributed by atoms with van der Waals surface area (Å²) in [5.74, 6) is -3.51. The summed E-state index contributed by atoms with van der Waals surface area (Å²) in [6.45, 7) is 2.24. The molecule has 0 amide bonds. The molecule has 1 fully saturated rings. The van der Waals surface area contributed by atoms with Crippen molar-refractivity contribution in [1.82, 2.24) is 0 Å². The van der Waals surface area contributed by atoms with Gasteiger partial charge in [-0.15, -0.1) is 0 Å². The maximum atomic E-state index is 14.9. The van der Waals surface area contributed by atoms with Gasteiger partial charge in [-0.25, -0.2) is 17.6 Å². The molecular weight excluding hydrogens is 456 g/mol. The lowest BCUT2D eigenvalue weighted by atomic mass is 9.82. The molecule has 0 aromatic heterocycles. The van der Waals surface area contributed by atoms with Gasteiger partial charge in [0, 0.05) is 17.7 Å². The third kappa shape index (κ3) is 5.76. The second-order valence-corrected chi connectivity index (χ2v) is 9.18. The summed E-state index contributed by atoms with van der Waals surface area (Å²) in [6, 6.07) is 13.4. The zero-order chi connectivity index (χ0) is 24.9. The molecule has 0 saturated heterocycles. The first kappa shape index (κ1) is 25.4. The van der Waals surface area contributed by atoms with Crippen LogP contribution in [0.4, 0.5) is 17.6 Å². The molecule has 0 radical (unpaired) electrons. The van der Waals surface area contributed by atoms with Crippen molar-refractivity contribution >= 4 is 0 Å². The van der Waals surface area contributed by atoms with Gasteiger partial charge >= 0.3 is 0 Å². The quantitative estimate of drug-likeness (QED) is 0.340. The van der Waals surface area contributed by atoms with E-state index in [1.54, 1.807) is 55.5 Å². The Morgan fingerprint density at radius 2 is 1.40 bits per heavy atom. The molecule has 6 heteroatoms. The van der Waals surface area contributed by atoms with E-state index in [0.717, 1.165) is 5.56 Å². The van der Waals surface area contributed by atoms with Crippen molar-refractivity contribution in [3.8, 4) is 11.1 Å². The van der Waals surface area contributed by atoms with Crippen molar-refractivity contribution < 1.29 is 27.4 Å². The lowest BCUT2D eigenvalue weighted by Crippen LogP contribution is -2.18. The summed E-state index contributed by atoms with van der Waals surface area (Å²) in [5.41, 5.74) is 2.46. The Balaban J connectivity index is 1.44. The molecule has 186 valence electrons. The van der Waals surface area contributed by atoms with Gasteiger partial charge in [-0.05, 0) is 73.6 Å². The summed E-state index contributed by atoms with van der Waals surface area (Å²) in [5, 5.41) is 9.67. The highest BCUT2D eigenvalue weighted by atomic mass is 19.2. The number of ether oxygens (including phenoxy) is 1. The van der Waals surface area contributed by atoms with Crippen LogP contribution < -0.4 is 0 Å². The highest BCUT2D eigenvalue weighted by molar-refractivity contribution is 5.65. The van der Waals surface area contributed by atoms with E-state index in [9.17, 15) is 22.7 Å². The van der Waals surface area contributed by atoms with Crippen LogP contribution in [0.15, 0.2) is 48.5 Å². The number of aliphatic hydroxyl groups is 1. The zero-order valence-corrected chi connectivity index (χ0v) is 19.8. The number of aliphatic hydroxyl groups excluding tert-OH is 1. The normalized spacial score (nSPS) is 18.1. The molecule has 3 aromatic carbocycles. The Morgan fingerprint density at radius 3 is 2.09 bits per heavy atom. The van der Waals surface area contributed by atoms with Crippen molar-refractivity contribution in [2.45, 2.75) is 64.1 Å². The molecule has 1 aliphatic rings. The second kappa shape index (κ2) is 11.4. The van der Waals surface area contributed by atoms with Crippen molar-refractivity contribution in [3.05, 3.63) is 94.1 Å². The lowest BCUT2D eigenvalue weighted by Gasteiger charge is -2.26. The average molecular weight is 487 g/mol. The van der Waals surface area contributed by atoms with Crippen LogP contribution in [-0.2, 0) is 24.2 Å². The van der Waals surface area contributed by atoms with Crippen LogP contribution in [0.25, 0.3) is 11.1 Å². The molecule has 0 spiro atoms. The van der Waals surface area contributed by atoms with Gasteiger partial charge in [0.05, 0.1) is 12.7 Å². The van der Waals surface area contributed by atoms with Gasteiger partial charge in [0.15, 0.2) is 23.3 Å². The van der Waals surface area contributed by atoms with E-state index in [-0.39, 0.29) is 35.3 Å². The van der Waals surface area contributed by atoms with Gasteiger partial charge in [-0.2, -0.15) is 0 Å². The van der Waals surface area contributed by atoms with Gasteiger partial charge in [-0.3, -0.25) is 0 Å². The van der Waals surface area contributed by atoms with Gasteiger partial charge < -0.3 is 9.84 Å². The first-order chi connectivity index (χ1) is 16.9. The molecule has 0 atom stereocenters. The molecule has 2 nitrogen and oxygen atoms in total. The maximum absolute atomic E-state index is 14.9. The smallest absolute Gasteiger partial charge is 0.166 e. The van der Waals surface area contributed by atoms with Crippen molar-refractivity contribution in [2.75, 3.05) is 6.61 Å². The largest absolute Gasteiger partial charge is 0.393 e. The van der Waals surface area contributed by atoms with Crippen LogP contribution in [0.5, 0.6) is 0 Å². The molecular formula is C29H30F4O2. The van der Waals surface area contributed by atoms with E-state index >= 15 is 0 Å².